The van der Waals surface area contributed by atoms with Crippen molar-refractivity contribution in [3.63, 3.8) is 0 Å². The molecule has 0 aromatic heterocycles. The second-order valence-electron chi connectivity index (χ2n) is 5.40. The molecule has 0 spiro atoms. The maximum absolute atomic E-state index is 13.1. The third-order valence-electron chi connectivity index (χ3n) is 3.29. The molecule has 0 fully saturated rings. The highest BCUT2D eigenvalue weighted by atomic mass is 32.2. The van der Waals surface area contributed by atoms with E-state index < -0.39 is 21.6 Å². The predicted octanol–water partition coefficient (Wildman–Crippen LogP) is 3.51. The van der Waals surface area contributed by atoms with Gasteiger partial charge in [0, 0.05) is 6.92 Å². The molecule has 0 unspecified atom stereocenters. The van der Waals surface area contributed by atoms with Crippen molar-refractivity contribution in [1.82, 2.24) is 0 Å². The van der Waals surface area contributed by atoms with Crippen molar-refractivity contribution < 1.29 is 27.1 Å². The van der Waals surface area contributed by atoms with E-state index in [2.05, 4.69) is 0 Å². The molecule has 2 aromatic carbocycles. The monoisotopic (exact) mass is 366 g/mol. The standard InChI is InChI=1S/C18H19FO5S/c1-3-8-23-16-9-14(12-24-13(2)20)10-18(11-16)25(21,22)17-6-4-15(19)5-7-17/h4-7,9-11H,3,8,12H2,1-2H3. The van der Waals surface area contributed by atoms with Crippen LogP contribution in [0.15, 0.2) is 52.3 Å². The maximum atomic E-state index is 13.1. The van der Waals surface area contributed by atoms with E-state index in [1.54, 1.807) is 6.07 Å². The fourth-order valence-electron chi connectivity index (χ4n) is 2.11. The fourth-order valence-corrected chi connectivity index (χ4v) is 3.45. The molecule has 0 bridgehead atoms. The molecule has 5 nitrogen and oxygen atoms in total. The molecule has 0 atom stereocenters. The van der Waals surface area contributed by atoms with Crippen molar-refractivity contribution in [2.45, 2.75) is 36.7 Å². The lowest BCUT2D eigenvalue weighted by molar-refractivity contribution is -0.142. The maximum Gasteiger partial charge on any atom is 0.302 e. The highest BCUT2D eigenvalue weighted by Gasteiger charge is 2.20. The van der Waals surface area contributed by atoms with Crippen LogP contribution in [0.2, 0.25) is 0 Å². The number of hydrogen-bond acceptors (Lipinski definition) is 5. The molecule has 7 heteroatoms. The van der Waals surface area contributed by atoms with Crippen molar-refractivity contribution in [3.05, 3.63) is 53.8 Å². The molecule has 0 aliphatic heterocycles. The van der Waals surface area contributed by atoms with Crippen LogP contribution in [0.5, 0.6) is 5.75 Å². The van der Waals surface area contributed by atoms with Gasteiger partial charge in [-0.25, -0.2) is 12.8 Å². The Bertz CT molecular complexity index is 844. The van der Waals surface area contributed by atoms with Crippen LogP contribution in [0.3, 0.4) is 0 Å². The van der Waals surface area contributed by atoms with Crippen LogP contribution < -0.4 is 4.74 Å². The summed E-state index contributed by atoms with van der Waals surface area (Å²) in [6.07, 6.45) is 0.758. The summed E-state index contributed by atoms with van der Waals surface area (Å²) >= 11 is 0. The largest absolute Gasteiger partial charge is 0.494 e. The minimum Gasteiger partial charge on any atom is -0.494 e. The van der Waals surface area contributed by atoms with E-state index in [1.165, 1.54) is 31.2 Å². The molecule has 0 radical (unpaired) electrons. The molecule has 2 aromatic rings. The number of benzene rings is 2. The van der Waals surface area contributed by atoms with Gasteiger partial charge in [0.05, 0.1) is 16.4 Å². The van der Waals surface area contributed by atoms with Crippen molar-refractivity contribution in [1.29, 1.82) is 0 Å². The molecule has 2 rings (SSSR count). The summed E-state index contributed by atoms with van der Waals surface area (Å²) in [7, 11) is -3.85. The second kappa shape index (κ2) is 8.11. The van der Waals surface area contributed by atoms with Crippen molar-refractivity contribution in [3.8, 4) is 5.75 Å². The molecular formula is C18H19FO5S. The van der Waals surface area contributed by atoms with E-state index in [0.29, 0.717) is 17.9 Å². The zero-order valence-corrected chi connectivity index (χ0v) is 14.8. The lowest BCUT2D eigenvalue weighted by Crippen LogP contribution is -2.06. The molecule has 0 N–H and O–H groups in total. The molecule has 0 aliphatic carbocycles. The van der Waals surface area contributed by atoms with Crippen molar-refractivity contribution >= 4 is 15.8 Å². The molecule has 0 heterocycles. The first-order valence-corrected chi connectivity index (χ1v) is 9.22. The van der Waals surface area contributed by atoms with E-state index in [9.17, 15) is 17.6 Å². The second-order valence-corrected chi connectivity index (χ2v) is 7.35. The average molecular weight is 366 g/mol. The molecule has 0 saturated heterocycles. The molecule has 0 aliphatic rings. The van der Waals surface area contributed by atoms with Crippen LogP contribution in [0.25, 0.3) is 0 Å². The zero-order chi connectivity index (χ0) is 18.4. The normalized spacial score (nSPS) is 11.2. The van der Waals surface area contributed by atoms with Crippen molar-refractivity contribution in [2.24, 2.45) is 0 Å². The minimum atomic E-state index is -3.85. The number of halogens is 1. The molecular weight excluding hydrogens is 347 g/mol. The van der Waals surface area contributed by atoms with Gasteiger partial charge in [0.25, 0.3) is 0 Å². The van der Waals surface area contributed by atoms with Gasteiger partial charge < -0.3 is 9.47 Å². The number of esters is 1. The van der Waals surface area contributed by atoms with Crippen LogP contribution in [-0.4, -0.2) is 21.0 Å². The number of sulfone groups is 1. The average Bonchev–Trinajstić information content (AvgIpc) is 2.58. The summed E-state index contributed by atoms with van der Waals surface area (Å²) in [5.41, 5.74) is 0.490. The summed E-state index contributed by atoms with van der Waals surface area (Å²) in [4.78, 5) is 11.0. The Morgan fingerprint density at radius 1 is 1.08 bits per heavy atom. The highest BCUT2D eigenvalue weighted by molar-refractivity contribution is 7.91. The van der Waals surface area contributed by atoms with Crippen LogP contribution in [-0.2, 0) is 26.0 Å². The summed E-state index contributed by atoms with van der Waals surface area (Å²) < 4.78 is 49.1. The van der Waals surface area contributed by atoms with Gasteiger partial charge in [0.2, 0.25) is 9.84 Å². The third kappa shape index (κ3) is 5.03. The summed E-state index contributed by atoms with van der Waals surface area (Å²) in [5, 5.41) is 0. The first-order chi connectivity index (χ1) is 11.8. The third-order valence-corrected chi connectivity index (χ3v) is 5.04. The van der Waals surface area contributed by atoms with Gasteiger partial charge in [-0.3, -0.25) is 4.79 Å². The first kappa shape index (κ1) is 18.9. The van der Waals surface area contributed by atoms with Gasteiger partial charge >= 0.3 is 5.97 Å². The lowest BCUT2D eigenvalue weighted by Gasteiger charge is -2.12. The molecule has 25 heavy (non-hydrogen) atoms. The number of carbonyl (C=O) groups excluding carboxylic acids is 1. The van der Waals surface area contributed by atoms with Crippen LogP contribution in [0, 0.1) is 5.82 Å². The minimum absolute atomic E-state index is 0.00476. The fraction of sp³-hybridized carbons (Fsp3) is 0.278. The van der Waals surface area contributed by atoms with E-state index in [-0.39, 0.29) is 16.4 Å². The van der Waals surface area contributed by atoms with Gasteiger partial charge in [0.15, 0.2) is 0 Å². The Balaban J connectivity index is 2.44. The Kier molecular flexibility index (Phi) is 6.14. The topological polar surface area (TPSA) is 69.7 Å². The highest BCUT2D eigenvalue weighted by Crippen LogP contribution is 2.27. The Morgan fingerprint density at radius 2 is 1.76 bits per heavy atom. The molecule has 0 amide bonds. The Hall–Kier alpha value is -2.41. The molecule has 134 valence electrons. The molecule has 0 saturated carbocycles. The van der Waals surface area contributed by atoms with E-state index in [4.69, 9.17) is 9.47 Å². The van der Waals surface area contributed by atoms with Gasteiger partial charge in [-0.1, -0.05) is 6.92 Å². The number of ether oxygens (including phenoxy) is 2. The summed E-state index contributed by atoms with van der Waals surface area (Å²) in [5.74, 6) is -0.621. The number of carbonyl (C=O) groups is 1. The van der Waals surface area contributed by atoms with Gasteiger partial charge in [0.1, 0.15) is 18.2 Å². The summed E-state index contributed by atoms with van der Waals surface area (Å²) in [6, 6.07) is 9.04. The Morgan fingerprint density at radius 3 is 2.36 bits per heavy atom. The van der Waals surface area contributed by atoms with Crippen molar-refractivity contribution in [2.75, 3.05) is 6.61 Å². The zero-order valence-electron chi connectivity index (χ0n) is 14.0. The van der Waals surface area contributed by atoms with E-state index in [0.717, 1.165) is 18.6 Å². The quantitative estimate of drug-likeness (QED) is 0.554. The van der Waals surface area contributed by atoms with Gasteiger partial charge in [-0.2, -0.15) is 0 Å². The van der Waals surface area contributed by atoms with Gasteiger partial charge in [-0.05, 0) is 54.4 Å². The first-order valence-electron chi connectivity index (χ1n) is 7.73. The van der Waals surface area contributed by atoms with E-state index >= 15 is 0 Å². The van der Waals surface area contributed by atoms with Crippen LogP contribution in [0.4, 0.5) is 4.39 Å². The SMILES string of the molecule is CCCOc1cc(COC(C)=O)cc(S(=O)(=O)c2ccc(F)cc2)c1. The Labute approximate surface area is 146 Å². The van der Waals surface area contributed by atoms with Crippen LogP contribution >= 0.6 is 0 Å². The predicted molar refractivity (Wildman–Crippen MR) is 89.5 cm³/mol. The van der Waals surface area contributed by atoms with E-state index in [1.807, 2.05) is 6.92 Å². The van der Waals surface area contributed by atoms with Crippen LogP contribution in [0.1, 0.15) is 25.8 Å². The number of hydrogen-bond donors (Lipinski definition) is 0. The van der Waals surface area contributed by atoms with Gasteiger partial charge in [-0.15, -0.1) is 0 Å². The smallest absolute Gasteiger partial charge is 0.302 e. The number of rotatable bonds is 7. The lowest BCUT2D eigenvalue weighted by atomic mass is 10.2. The summed E-state index contributed by atoms with van der Waals surface area (Å²) in [6.45, 7) is 3.56.